The Morgan fingerprint density at radius 3 is 2.91 bits per heavy atom. The molecule has 0 heterocycles. The molecule has 1 amide bonds. The van der Waals surface area contributed by atoms with Gasteiger partial charge in [-0.15, -0.1) is 0 Å². The highest BCUT2D eigenvalue weighted by Gasteiger charge is 2.02. The summed E-state index contributed by atoms with van der Waals surface area (Å²) in [6.07, 6.45) is -0.742. The third-order valence-electron chi connectivity index (χ3n) is 0.687. The van der Waals surface area contributed by atoms with Gasteiger partial charge in [0.2, 0.25) is 5.91 Å². The van der Waals surface area contributed by atoms with Gasteiger partial charge in [-0.05, 0) is 6.42 Å². The number of amides is 1. The molecule has 0 radical (unpaired) electrons. The number of rotatable bonds is 4. The third kappa shape index (κ3) is 9.38. The molecule has 2 N–H and O–H groups in total. The molecule has 0 spiro atoms. The smallest absolute Gasteiger partial charge is 0.264 e. The van der Waals surface area contributed by atoms with Crippen molar-refractivity contribution in [2.24, 2.45) is 0 Å². The first-order chi connectivity index (χ1) is 6.83. The normalized spacial score (nSPS) is 20.3. The average Bonchev–Trinajstić information content (AvgIpc) is 1.97. The summed E-state index contributed by atoms with van der Waals surface area (Å²) in [6.45, 7) is -5.52. The molecule has 0 bridgehead atoms. The van der Waals surface area contributed by atoms with E-state index in [2.05, 4.69) is 0 Å². The van der Waals surface area contributed by atoms with Crippen LogP contribution in [-0.2, 0) is 14.9 Å². The first-order valence-electron chi connectivity index (χ1n) is 5.11. The van der Waals surface area contributed by atoms with Crippen molar-refractivity contribution in [3.05, 3.63) is 0 Å². The summed E-state index contributed by atoms with van der Waals surface area (Å²) in [5.74, 6) is -2.44. The zero-order valence-corrected chi connectivity index (χ0v) is 6.31. The van der Waals surface area contributed by atoms with Crippen LogP contribution in [0.5, 0.6) is 0 Å². The maximum Gasteiger partial charge on any atom is 0.264 e. The van der Waals surface area contributed by atoms with Gasteiger partial charge in [-0.2, -0.15) is 8.42 Å². The van der Waals surface area contributed by atoms with Crippen LogP contribution in [0.3, 0.4) is 0 Å². The number of hydrogen-bond donors (Lipinski definition) is 2. The van der Waals surface area contributed by atoms with Crippen molar-refractivity contribution in [3.63, 3.8) is 0 Å². The fourth-order valence-corrected chi connectivity index (χ4v) is 0.683. The zero-order valence-electron chi connectivity index (χ0n) is 10.5. The van der Waals surface area contributed by atoms with E-state index in [9.17, 15) is 13.2 Å². The molecule has 0 saturated carbocycles. The Morgan fingerprint density at radius 2 is 2.45 bits per heavy atom. The maximum atomic E-state index is 10.9. The van der Waals surface area contributed by atoms with E-state index in [0.29, 0.717) is 0 Å². The molecule has 5 nitrogen and oxygen atoms in total. The number of carbonyl (C=O) groups is 1. The Hall–Kier alpha value is -0.620. The predicted molar refractivity (Wildman–Crippen MR) is 39.7 cm³/mol. The molecule has 0 aliphatic carbocycles. The molecule has 6 heteroatoms. The van der Waals surface area contributed by atoms with Crippen molar-refractivity contribution < 1.29 is 24.6 Å². The first-order valence-corrected chi connectivity index (χ1v) is 4.22. The van der Waals surface area contributed by atoms with Crippen LogP contribution in [0.4, 0.5) is 0 Å². The highest BCUT2D eigenvalue weighted by molar-refractivity contribution is 7.85. The Labute approximate surface area is 72.6 Å². The highest BCUT2D eigenvalue weighted by atomic mass is 32.2. The monoisotopic (exact) mass is 186 g/mol. The van der Waals surface area contributed by atoms with E-state index < -0.39 is 41.5 Å². The molecule has 0 aromatic rings. The number of hydrogen-bond acceptors (Lipinski definition) is 3. The Balaban J connectivity index is 4.42. The highest BCUT2D eigenvalue weighted by Crippen LogP contribution is 1.85. The number of nitrogens with one attached hydrogen (secondary N) is 1. The molecule has 0 fully saturated rings. The molecule has 0 aliphatic heterocycles. The largest absolute Gasteiger partial charge is 0.356 e. The fourth-order valence-electron chi connectivity index (χ4n) is 0.323. The summed E-state index contributed by atoms with van der Waals surface area (Å²) in [5.41, 5.74) is 0. The Kier molecular flexibility index (Phi) is 1.73. The zero-order chi connectivity index (χ0) is 13.2. The van der Waals surface area contributed by atoms with Crippen molar-refractivity contribution in [2.45, 2.75) is 13.3 Å². The van der Waals surface area contributed by atoms with Gasteiger partial charge in [-0.1, -0.05) is 0 Å². The lowest BCUT2D eigenvalue weighted by Gasteiger charge is -1.98. The van der Waals surface area contributed by atoms with Crippen molar-refractivity contribution in [1.82, 2.24) is 5.32 Å². The summed E-state index contributed by atoms with van der Waals surface area (Å²) in [6, 6.07) is 0. The summed E-state index contributed by atoms with van der Waals surface area (Å²) >= 11 is 0. The third-order valence-corrected chi connectivity index (χ3v) is 1.41. The quantitative estimate of drug-likeness (QED) is 0.574. The van der Waals surface area contributed by atoms with Crippen molar-refractivity contribution >= 4 is 16.0 Å². The minimum absolute atomic E-state index is 0.742. The van der Waals surface area contributed by atoms with E-state index in [1.54, 1.807) is 0 Å². The Morgan fingerprint density at radius 1 is 1.82 bits per heavy atom. The van der Waals surface area contributed by atoms with Gasteiger partial charge >= 0.3 is 0 Å². The molecule has 66 valence electrons. The van der Waals surface area contributed by atoms with Crippen LogP contribution in [0, 0.1) is 0 Å². The van der Waals surface area contributed by atoms with Crippen LogP contribution < -0.4 is 5.32 Å². The van der Waals surface area contributed by atoms with E-state index in [1.165, 1.54) is 5.32 Å². The predicted octanol–water partition coefficient (Wildman–Crippen LogP) is -0.600. The van der Waals surface area contributed by atoms with Crippen LogP contribution >= 0.6 is 0 Å². The Bertz CT molecular complexity index is 362. The minimum Gasteiger partial charge on any atom is -0.356 e. The molecule has 0 aromatic carbocycles. The van der Waals surface area contributed by atoms with Gasteiger partial charge in [0, 0.05) is 20.2 Å². The SMILES string of the molecule is [2H]C([2H])(CCS(=O)(=O)O)NC(=O)C([2H])([2H])[2H]. The van der Waals surface area contributed by atoms with Gasteiger partial charge in [-0.3, -0.25) is 9.35 Å². The van der Waals surface area contributed by atoms with Crippen molar-refractivity contribution in [2.75, 3.05) is 12.2 Å². The lowest BCUT2D eigenvalue weighted by atomic mass is 10.5. The molecular weight excluding hydrogens is 170 g/mol. The summed E-state index contributed by atoms with van der Waals surface area (Å²) in [7, 11) is -4.36. The second-order valence-corrected chi connectivity index (χ2v) is 3.24. The van der Waals surface area contributed by atoms with E-state index >= 15 is 0 Å². The van der Waals surface area contributed by atoms with Gasteiger partial charge in [-0.25, -0.2) is 0 Å². The topological polar surface area (TPSA) is 83.5 Å². The lowest BCUT2D eigenvalue weighted by molar-refractivity contribution is -0.118. The molecule has 0 unspecified atom stereocenters. The first kappa shape index (κ1) is 4.42. The van der Waals surface area contributed by atoms with Gasteiger partial charge < -0.3 is 5.32 Å². The van der Waals surface area contributed by atoms with Crippen LogP contribution in [0.2, 0.25) is 0 Å². The van der Waals surface area contributed by atoms with Crippen molar-refractivity contribution in [1.29, 1.82) is 0 Å². The van der Waals surface area contributed by atoms with Gasteiger partial charge in [0.05, 0.1) is 5.75 Å². The van der Waals surface area contributed by atoms with Gasteiger partial charge in [0.1, 0.15) is 0 Å². The molecule has 0 atom stereocenters. The molecule has 0 aliphatic rings. The fraction of sp³-hybridized carbons (Fsp3) is 0.800. The molecular formula is C5H11NO4S. The molecule has 0 saturated heterocycles. The van der Waals surface area contributed by atoms with Gasteiger partial charge in [0.15, 0.2) is 0 Å². The average molecular weight is 186 g/mol. The minimum atomic E-state index is -4.36. The standard InChI is InChI=1S/C5H11NO4S/c1-5(7)6-3-2-4-11(8,9)10/h2-4H2,1H3,(H,6,7)(H,8,9,10)/i1D3,3D2. The van der Waals surface area contributed by atoms with Gasteiger partial charge in [0.25, 0.3) is 10.1 Å². The summed E-state index contributed by atoms with van der Waals surface area (Å²) < 4.78 is 63.2. The summed E-state index contributed by atoms with van der Waals surface area (Å²) in [4.78, 5) is 10.9. The number of carbonyl (C=O) groups excluding carboxylic acids is 1. The van der Waals surface area contributed by atoms with E-state index in [0.717, 1.165) is 0 Å². The van der Waals surface area contributed by atoms with Crippen LogP contribution in [0.25, 0.3) is 0 Å². The van der Waals surface area contributed by atoms with Crippen molar-refractivity contribution in [3.8, 4) is 0 Å². The molecule has 11 heavy (non-hydrogen) atoms. The second-order valence-electron chi connectivity index (χ2n) is 1.67. The van der Waals surface area contributed by atoms with E-state index in [1.807, 2.05) is 0 Å². The van der Waals surface area contributed by atoms with Crippen LogP contribution in [0.1, 0.15) is 20.1 Å². The van der Waals surface area contributed by atoms with E-state index in [4.69, 9.17) is 11.4 Å². The molecule has 0 aromatic heterocycles. The molecule has 0 rings (SSSR count). The summed E-state index contributed by atoms with van der Waals surface area (Å²) in [5, 5.41) is 1.53. The lowest BCUT2D eigenvalue weighted by Crippen LogP contribution is -2.22. The van der Waals surface area contributed by atoms with Crippen LogP contribution in [0.15, 0.2) is 0 Å². The van der Waals surface area contributed by atoms with E-state index in [-0.39, 0.29) is 0 Å². The van der Waals surface area contributed by atoms with Crippen LogP contribution in [-0.4, -0.2) is 31.1 Å². The maximum absolute atomic E-state index is 10.9. The second kappa shape index (κ2) is 4.30.